The van der Waals surface area contributed by atoms with Crippen molar-refractivity contribution in [2.24, 2.45) is 11.8 Å². The molecule has 0 spiro atoms. The smallest absolute Gasteiger partial charge is 0.0568 e. The number of hydrogen-bond acceptors (Lipinski definition) is 1. The maximum atomic E-state index is 9.79. The van der Waals surface area contributed by atoms with Gasteiger partial charge in [-0.3, -0.25) is 0 Å². The van der Waals surface area contributed by atoms with Crippen LogP contribution in [0.25, 0.3) is 0 Å². The van der Waals surface area contributed by atoms with Crippen LogP contribution in [0.5, 0.6) is 0 Å². The summed E-state index contributed by atoms with van der Waals surface area (Å²) in [4.78, 5) is 0. The Morgan fingerprint density at radius 2 is 1.77 bits per heavy atom. The van der Waals surface area contributed by atoms with Gasteiger partial charge >= 0.3 is 0 Å². The highest BCUT2D eigenvalue weighted by molar-refractivity contribution is 4.79. The second kappa shape index (κ2) is 5.64. The molecule has 1 rings (SSSR count). The summed E-state index contributed by atoms with van der Waals surface area (Å²) < 4.78 is 0. The number of hydrogen-bond donors (Lipinski definition) is 1. The Morgan fingerprint density at radius 3 is 2.38 bits per heavy atom. The Kier molecular flexibility index (Phi) is 4.79. The molecule has 1 heteroatoms. The Labute approximate surface area is 82.5 Å². The van der Waals surface area contributed by atoms with Gasteiger partial charge in [0.15, 0.2) is 0 Å². The van der Waals surface area contributed by atoms with E-state index in [1.165, 1.54) is 38.5 Å². The minimum absolute atomic E-state index is 0.00746. The fourth-order valence-corrected chi connectivity index (χ4v) is 2.70. The Hall–Kier alpha value is -0.0400. The van der Waals surface area contributed by atoms with Crippen molar-refractivity contribution in [3.05, 3.63) is 0 Å². The topological polar surface area (TPSA) is 20.2 Å². The molecule has 0 aromatic rings. The van der Waals surface area contributed by atoms with Gasteiger partial charge in [0.25, 0.3) is 0 Å². The maximum Gasteiger partial charge on any atom is 0.0568 e. The lowest BCUT2D eigenvalue weighted by molar-refractivity contribution is 0.0415. The normalized spacial score (nSPS) is 34.8. The molecule has 3 unspecified atom stereocenters. The van der Waals surface area contributed by atoms with Crippen molar-refractivity contribution in [1.82, 2.24) is 0 Å². The van der Waals surface area contributed by atoms with Crippen LogP contribution in [-0.2, 0) is 0 Å². The first-order valence-corrected chi connectivity index (χ1v) is 5.96. The fourth-order valence-electron chi connectivity index (χ4n) is 2.70. The molecule has 13 heavy (non-hydrogen) atoms. The van der Waals surface area contributed by atoms with Crippen molar-refractivity contribution in [2.45, 2.75) is 64.9 Å². The first kappa shape index (κ1) is 11.0. The molecule has 3 atom stereocenters. The average molecular weight is 184 g/mol. The van der Waals surface area contributed by atoms with Gasteiger partial charge in [0, 0.05) is 0 Å². The van der Waals surface area contributed by atoms with Crippen LogP contribution >= 0.6 is 0 Å². The molecule has 78 valence electrons. The van der Waals surface area contributed by atoms with E-state index in [0.29, 0.717) is 5.92 Å². The highest BCUT2D eigenvalue weighted by atomic mass is 16.3. The van der Waals surface area contributed by atoms with E-state index < -0.39 is 0 Å². The van der Waals surface area contributed by atoms with Crippen LogP contribution in [-0.4, -0.2) is 11.2 Å². The van der Waals surface area contributed by atoms with E-state index >= 15 is 0 Å². The quantitative estimate of drug-likeness (QED) is 0.710. The number of aliphatic hydroxyl groups excluding tert-OH is 1. The van der Waals surface area contributed by atoms with Crippen molar-refractivity contribution in [1.29, 1.82) is 0 Å². The van der Waals surface area contributed by atoms with E-state index in [9.17, 15) is 5.11 Å². The van der Waals surface area contributed by atoms with Gasteiger partial charge < -0.3 is 5.11 Å². The van der Waals surface area contributed by atoms with Gasteiger partial charge in [-0.25, -0.2) is 0 Å². The maximum absolute atomic E-state index is 9.79. The SMILES string of the molecule is CCCC1CCC(O)C(CCC)C1. The van der Waals surface area contributed by atoms with Gasteiger partial charge in [0.2, 0.25) is 0 Å². The largest absolute Gasteiger partial charge is 0.393 e. The molecule has 1 saturated carbocycles. The highest BCUT2D eigenvalue weighted by Crippen LogP contribution is 2.34. The Morgan fingerprint density at radius 1 is 1.08 bits per heavy atom. The van der Waals surface area contributed by atoms with Gasteiger partial charge in [-0.1, -0.05) is 33.1 Å². The third kappa shape index (κ3) is 3.30. The average Bonchev–Trinajstić information content (AvgIpc) is 2.12. The molecule has 0 aliphatic heterocycles. The molecule has 0 radical (unpaired) electrons. The zero-order valence-electron chi connectivity index (χ0n) is 9.13. The van der Waals surface area contributed by atoms with E-state index in [2.05, 4.69) is 13.8 Å². The molecular formula is C12H24O. The Balaban J connectivity index is 2.33. The minimum atomic E-state index is 0.00746. The number of rotatable bonds is 4. The molecule has 1 aliphatic rings. The number of aliphatic hydroxyl groups is 1. The van der Waals surface area contributed by atoms with E-state index in [0.717, 1.165) is 12.3 Å². The van der Waals surface area contributed by atoms with Crippen LogP contribution in [0.2, 0.25) is 0 Å². The molecule has 0 aromatic heterocycles. The molecular weight excluding hydrogens is 160 g/mol. The predicted molar refractivity (Wildman–Crippen MR) is 56.7 cm³/mol. The van der Waals surface area contributed by atoms with Crippen molar-refractivity contribution in [2.75, 3.05) is 0 Å². The molecule has 0 aromatic carbocycles. The molecule has 0 amide bonds. The summed E-state index contributed by atoms with van der Waals surface area (Å²) in [6.45, 7) is 4.48. The molecule has 1 aliphatic carbocycles. The Bertz CT molecular complexity index is 133. The lowest BCUT2D eigenvalue weighted by Gasteiger charge is -2.33. The zero-order chi connectivity index (χ0) is 9.68. The van der Waals surface area contributed by atoms with Gasteiger partial charge in [-0.05, 0) is 37.5 Å². The third-order valence-electron chi connectivity index (χ3n) is 3.41. The molecule has 1 nitrogen and oxygen atoms in total. The first-order valence-electron chi connectivity index (χ1n) is 5.96. The zero-order valence-corrected chi connectivity index (χ0v) is 9.13. The first-order chi connectivity index (χ1) is 6.27. The summed E-state index contributed by atoms with van der Waals surface area (Å²) >= 11 is 0. The van der Waals surface area contributed by atoms with Crippen LogP contribution in [0.1, 0.15) is 58.8 Å². The summed E-state index contributed by atoms with van der Waals surface area (Å²) in [5.74, 6) is 1.51. The summed E-state index contributed by atoms with van der Waals surface area (Å²) in [7, 11) is 0. The van der Waals surface area contributed by atoms with Gasteiger partial charge in [0.1, 0.15) is 0 Å². The van der Waals surface area contributed by atoms with Crippen molar-refractivity contribution < 1.29 is 5.11 Å². The van der Waals surface area contributed by atoms with Gasteiger partial charge in [-0.2, -0.15) is 0 Å². The van der Waals surface area contributed by atoms with Crippen molar-refractivity contribution >= 4 is 0 Å². The summed E-state index contributed by atoms with van der Waals surface area (Å²) in [5, 5.41) is 9.79. The predicted octanol–water partition coefficient (Wildman–Crippen LogP) is 3.36. The lowest BCUT2D eigenvalue weighted by atomic mass is 9.76. The van der Waals surface area contributed by atoms with Crippen LogP contribution in [0.4, 0.5) is 0 Å². The van der Waals surface area contributed by atoms with E-state index in [-0.39, 0.29) is 6.10 Å². The standard InChI is InChI=1S/C12H24O/c1-3-5-10-7-8-12(13)11(9-10)6-4-2/h10-13H,3-9H2,1-2H3. The molecule has 1 N–H and O–H groups in total. The van der Waals surface area contributed by atoms with Crippen LogP contribution in [0.15, 0.2) is 0 Å². The van der Waals surface area contributed by atoms with E-state index in [1.54, 1.807) is 0 Å². The second-order valence-corrected chi connectivity index (χ2v) is 4.58. The van der Waals surface area contributed by atoms with Crippen LogP contribution in [0.3, 0.4) is 0 Å². The van der Waals surface area contributed by atoms with Gasteiger partial charge in [0.05, 0.1) is 6.10 Å². The molecule has 0 bridgehead atoms. The van der Waals surface area contributed by atoms with Crippen molar-refractivity contribution in [3.63, 3.8) is 0 Å². The molecule has 1 fully saturated rings. The minimum Gasteiger partial charge on any atom is -0.393 e. The van der Waals surface area contributed by atoms with Crippen LogP contribution in [0, 0.1) is 11.8 Å². The summed E-state index contributed by atoms with van der Waals surface area (Å²) in [6.07, 6.45) is 8.72. The lowest BCUT2D eigenvalue weighted by Crippen LogP contribution is -2.28. The summed E-state index contributed by atoms with van der Waals surface area (Å²) in [5.41, 5.74) is 0. The van der Waals surface area contributed by atoms with Crippen molar-refractivity contribution in [3.8, 4) is 0 Å². The fraction of sp³-hybridized carbons (Fsp3) is 1.00. The second-order valence-electron chi connectivity index (χ2n) is 4.58. The monoisotopic (exact) mass is 184 g/mol. The van der Waals surface area contributed by atoms with Crippen LogP contribution < -0.4 is 0 Å². The van der Waals surface area contributed by atoms with E-state index in [4.69, 9.17) is 0 Å². The summed E-state index contributed by atoms with van der Waals surface area (Å²) in [6, 6.07) is 0. The van der Waals surface area contributed by atoms with E-state index in [1.807, 2.05) is 0 Å². The highest BCUT2D eigenvalue weighted by Gasteiger charge is 2.27. The van der Waals surface area contributed by atoms with Gasteiger partial charge in [-0.15, -0.1) is 0 Å². The molecule has 0 heterocycles. The third-order valence-corrected chi connectivity index (χ3v) is 3.41. The molecule has 0 saturated heterocycles.